The number of nitrogens with one attached hydrogen (secondary N) is 1. The maximum atomic E-state index is 12.7. The number of aromatic nitrogens is 1. The Morgan fingerprint density at radius 3 is 2.55 bits per heavy atom. The van der Waals surface area contributed by atoms with E-state index < -0.39 is 11.7 Å². The number of hydrogen-bond donors (Lipinski definition) is 2. The molecule has 0 spiro atoms. The van der Waals surface area contributed by atoms with Gasteiger partial charge in [0.05, 0.1) is 5.56 Å². The Balaban J connectivity index is 2.36. The Labute approximate surface area is 120 Å². The Morgan fingerprint density at radius 2 is 1.95 bits per heavy atom. The normalized spacial score (nSPS) is 11.2. The third kappa shape index (κ3) is 3.61. The Kier molecular flexibility index (Phi) is 4.15. The van der Waals surface area contributed by atoms with Crippen LogP contribution in [-0.2, 0) is 6.18 Å². The van der Waals surface area contributed by atoms with Crippen LogP contribution in [-0.4, -0.2) is 4.98 Å². The molecule has 2 aromatic rings. The molecule has 8 heteroatoms. The predicted molar refractivity (Wildman–Crippen MR) is 71.3 cm³/mol. The van der Waals surface area contributed by atoms with E-state index in [2.05, 4.69) is 26.3 Å². The second kappa shape index (κ2) is 5.68. The van der Waals surface area contributed by atoms with Crippen LogP contribution in [0.1, 0.15) is 5.56 Å². The number of nitrogens with two attached hydrogens (primary N) is 1. The number of anilines is 1. The molecule has 1 heterocycles. The molecule has 0 amide bonds. The minimum atomic E-state index is -4.51. The van der Waals surface area contributed by atoms with Gasteiger partial charge < -0.3 is 10.2 Å². The van der Waals surface area contributed by atoms with Crippen LogP contribution in [0.15, 0.2) is 40.9 Å². The third-order valence-electron chi connectivity index (χ3n) is 2.30. The van der Waals surface area contributed by atoms with Gasteiger partial charge in [0.15, 0.2) is 0 Å². The smallest absolute Gasteiger partial charge is 0.416 e. The lowest BCUT2D eigenvalue weighted by Gasteiger charge is -2.11. The van der Waals surface area contributed by atoms with Crippen molar-refractivity contribution in [2.75, 3.05) is 5.43 Å². The van der Waals surface area contributed by atoms with Gasteiger partial charge in [-0.3, -0.25) is 0 Å². The number of benzene rings is 1. The van der Waals surface area contributed by atoms with Crippen LogP contribution < -0.4 is 16.0 Å². The number of nitrogen functional groups attached to an aromatic ring is 1. The average molecular weight is 348 g/mol. The highest BCUT2D eigenvalue weighted by Gasteiger charge is 2.32. The first-order valence-corrected chi connectivity index (χ1v) is 6.17. The maximum Gasteiger partial charge on any atom is 0.416 e. The van der Waals surface area contributed by atoms with Crippen molar-refractivity contribution < 1.29 is 17.9 Å². The number of nitrogens with zero attached hydrogens (tertiary/aromatic N) is 1. The summed E-state index contributed by atoms with van der Waals surface area (Å²) in [6, 6.07) is 8.27. The largest absolute Gasteiger partial charge is 0.439 e. The average Bonchev–Trinajstić information content (AvgIpc) is 2.37. The van der Waals surface area contributed by atoms with Crippen molar-refractivity contribution in [2.45, 2.75) is 6.18 Å². The van der Waals surface area contributed by atoms with Crippen molar-refractivity contribution in [1.82, 2.24) is 4.98 Å². The molecule has 0 aliphatic heterocycles. The third-order valence-corrected chi connectivity index (χ3v) is 2.79. The molecule has 4 nitrogen and oxygen atoms in total. The fourth-order valence-electron chi connectivity index (χ4n) is 1.45. The quantitative estimate of drug-likeness (QED) is 0.652. The summed E-state index contributed by atoms with van der Waals surface area (Å²) in [6.45, 7) is 0. The van der Waals surface area contributed by atoms with E-state index in [0.29, 0.717) is 5.75 Å². The van der Waals surface area contributed by atoms with Gasteiger partial charge in [0, 0.05) is 10.5 Å². The molecule has 0 bridgehead atoms. The molecule has 3 N–H and O–H groups in total. The van der Waals surface area contributed by atoms with Crippen LogP contribution >= 0.6 is 15.9 Å². The standard InChI is InChI=1S/C12H9BrF3N3O/c13-8-2-1-3-9(6-8)20-11-5-7(12(14,15)16)4-10(18-11)19-17/h1-6H,17H2,(H,18,19). The van der Waals surface area contributed by atoms with E-state index in [0.717, 1.165) is 16.6 Å². The first-order chi connectivity index (χ1) is 9.38. The molecule has 106 valence electrons. The molecule has 1 aromatic carbocycles. The zero-order chi connectivity index (χ0) is 14.8. The lowest BCUT2D eigenvalue weighted by Crippen LogP contribution is -2.12. The molecule has 0 atom stereocenters. The molecule has 0 unspecified atom stereocenters. The van der Waals surface area contributed by atoms with E-state index in [1.807, 2.05) is 0 Å². The number of halogens is 4. The highest BCUT2D eigenvalue weighted by atomic mass is 79.9. The van der Waals surface area contributed by atoms with Crippen LogP contribution in [0.3, 0.4) is 0 Å². The minimum Gasteiger partial charge on any atom is -0.439 e. The van der Waals surface area contributed by atoms with Gasteiger partial charge >= 0.3 is 6.18 Å². The topological polar surface area (TPSA) is 60.2 Å². The Bertz CT molecular complexity index is 619. The van der Waals surface area contributed by atoms with E-state index in [9.17, 15) is 13.2 Å². The van der Waals surface area contributed by atoms with Crippen molar-refractivity contribution in [3.8, 4) is 11.6 Å². The van der Waals surface area contributed by atoms with Gasteiger partial charge in [-0.15, -0.1) is 0 Å². The van der Waals surface area contributed by atoms with Gasteiger partial charge in [-0.1, -0.05) is 22.0 Å². The number of hydrogen-bond acceptors (Lipinski definition) is 4. The maximum absolute atomic E-state index is 12.7. The molecule has 0 fully saturated rings. The van der Waals surface area contributed by atoms with Crippen molar-refractivity contribution in [2.24, 2.45) is 5.84 Å². The van der Waals surface area contributed by atoms with Crippen molar-refractivity contribution in [1.29, 1.82) is 0 Å². The predicted octanol–water partition coefficient (Wildman–Crippen LogP) is 3.94. The van der Waals surface area contributed by atoms with Gasteiger partial charge in [0.25, 0.3) is 0 Å². The van der Waals surface area contributed by atoms with Crippen molar-refractivity contribution in [3.05, 3.63) is 46.4 Å². The number of rotatable bonds is 3. The van der Waals surface area contributed by atoms with E-state index in [-0.39, 0.29) is 11.7 Å². The van der Waals surface area contributed by atoms with Gasteiger partial charge in [0.2, 0.25) is 5.88 Å². The fourth-order valence-corrected chi connectivity index (χ4v) is 1.82. The molecule has 0 aliphatic carbocycles. The first-order valence-electron chi connectivity index (χ1n) is 5.38. The first kappa shape index (κ1) is 14.6. The Morgan fingerprint density at radius 1 is 1.20 bits per heavy atom. The monoisotopic (exact) mass is 347 g/mol. The van der Waals surface area contributed by atoms with Crippen molar-refractivity contribution in [3.63, 3.8) is 0 Å². The molecule has 0 aliphatic rings. The number of pyridine rings is 1. The van der Waals surface area contributed by atoms with E-state index >= 15 is 0 Å². The zero-order valence-electron chi connectivity index (χ0n) is 9.91. The molecular weight excluding hydrogens is 339 g/mol. The minimum absolute atomic E-state index is 0.134. The Hall–Kier alpha value is -1.80. The second-order valence-corrected chi connectivity index (χ2v) is 4.70. The van der Waals surface area contributed by atoms with E-state index in [1.54, 1.807) is 24.3 Å². The summed E-state index contributed by atoms with van der Waals surface area (Å²) in [5.41, 5.74) is 1.18. The molecule has 20 heavy (non-hydrogen) atoms. The molecular formula is C12H9BrF3N3O. The number of alkyl halides is 3. The summed E-state index contributed by atoms with van der Waals surface area (Å²) in [5.74, 6) is 5.12. The van der Waals surface area contributed by atoms with E-state index in [1.165, 1.54) is 0 Å². The van der Waals surface area contributed by atoms with Crippen LogP contribution in [0.5, 0.6) is 11.6 Å². The highest BCUT2D eigenvalue weighted by Crippen LogP contribution is 2.33. The zero-order valence-corrected chi connectivity index (χ0v) is 11.5. The summed E-state index contributed by atoms with van der Waals surface area (Å²) in [6.07, 6.45) is -4.51. The lowest BCUT2D eigenvalue weighted by atomic mass is 10.2. The van der Waals surface area contributed by atoms with Gasteiger partial charge in [-0.05, 0) is 24.3 Å². The number of hydrazine groups is 1. The summed E-state index contributed by atoms with van der Waals surface area (Å²) >= 11 is 3.24. The summed E-state index contributed by atoms with van der Waals surface area (Å²) in [5, 5.41) is 0. The molecule has 1 aromatic heterocycles. The van der Waals surface area contributed by atoms with Crippen LogP contribution in [0.4, 0.5) is 19.0 Å². The molecule has 0 saturated carbocycles. The SMILES string of the molecule is NNc1cc(C(F)(F)F)cc(Oc2cccc(Br)c2)n1. The summed E-state index contributed by atoms with van der Waals surface area (Å²) < 4.78 is 44.2. The van der Waals surface area contributed by atoms with Gasteiger partial charge in [-0.25, -0.2) is 5.84 Å². The van der Waals surface area contributed by atoms with Gasteiger partial charge in [-0.2, -0.15) is 18.2 Å². The molecule has 0 radical (unpaired) electrons. The lowest BCUT2D eigenvalue weighted by molar-refractivity contribution is -0.137. The van der Waals surface area contributed by atoms with Gasteiger partial charge in [0.1, 0.15) is 11.6 Å². The number of ether oxygens (including phenoxy) is 1. The van der Waals surface area contributed by atoms with Crippen LogP contribution in [0, 0.1) is 0 Å². The highest BCUT2D eigenvalue weighted by molar-refractivity contribution is 9.10. The van der Waals surface area contributed by atoms with Crippen LogP contribution in [0.25, 0.3) is 0 Å². The van der Waals surface area contributed by atoms with E-state index in [4.69, 9.17) is 10.6 Å². The summed E-state index contributed by atoms with van der Waals surface area (Å²) in [4.78, 5) is 3.82. The second-order valence-electron chi connectivity index (χ2n) is 3.78. The van der Waals surface area contributed by atoms with Crippen molar-refractivity contribution >= 4 is 21.7 Å². The summed E-state index contributed by atoms with van der Waals surface area (Å²) in [7, 11) is 0. The molecule has 0 saturated heterocycles. The van der Waals surface area contributed by atoms with Crippen LogP contribution in [0.2, 0.25) is 0 Å². The fraction of sp³-hybridized carbons (Fsp3) is 0.0833. The molecule has 2 rings (SSSR count).